The molecule has 1 amide bonds. The molecule has 1 heterocycles. The summed E-state index contributed by atoms with van der Waals surface area (Å²) >= 11 is 0. The molecule has 1 saturated heterocycles. The molecule has 0 aromatic heterocycles. The topological polar surface area (TPSA) is 89.3 Å². The maximum Gasteiger partial charge on any atom is 0.221 e. The van der Waals surface area contributed by atoms with E-state index < -0.39 is 9.84 Å². The van der Waals surface area contributed by atoms with E-state index in [0.29, 0.717) is 19.4 Å². The SMILES string of the molecule is NC1(CC(=O)NCC2CCS(=O)(=O)C2)CCCC1. The first-order valence-electron chi connectivity index (χ1n) is 6.65. The normalized spacial score (nSPS) is 29.3. The molecule has 0 aromatic rings. The van der Waals surface area contributed by atoms with Crippen molar-refractivity contribution < 1.29 is 13.2 Å². The second-order valence-electron chi connectivity index (χ2n) is 5.82. The molecular formula is C12H22N2O3S. The van der Waals surface area contributed by atoms with Gasteiger partial charge in [-0.15, -0.1) is 0 Å². The molecule has 0 bridgehead atoms. The first-order chi connectivity index (χ1) is 8.39. The Bertz CT molecular complexity index is 413. The largest absolute Gasteiger partial charge is 0.356 e. The fourth-order valence-electron chi connectivity index (χ4n) is 2.93. The quantitative estimate of drug-likeness (QED) is 0.766. The fourth-order valence-corrected chi connectivity index (χ4v) is 4.79. The molecule has 6 heteroatoms. The molecule has 2 rings (SSSR count). The Morgan fingerprint density at radius 2 is 2.00 bits per heavy atom. The van der Waals surface area contributed by atoms with Gasteiger partial charge >= 0.3 is 0 Å². The molecular weight excluding hydrogens is 252 g/mol. The molecule has 5 nitrogen and oxygen atoms in total. The van der Waals surface area contributed by atoms with Gasteiger partial charge in [-0.3, -0.25) is 4.79 Å². The summed E-state index contributed by atoms with van der Waals surface area (Å²) in [4.78, 5) is 11.8. The molecule has 1 unspecified atom stereocenters. The van der Waals surface area contributed by atoms with E-state index in [9.17, 15) is 13.2 Å². The van der Waals surface area contributed by atoms with Crippen LogP contribution < -0.4 is 11.1 Å². The fraction of sp³-hybridized carbons (Fsp3) is 0.917. The summed E-state index contributed by atoms with van der Waals surface area (Å²) in [6, 6.07) is 0. The number of nitrogens with one attached hydrogen (secondary N) is 1. The van der Waals surface area contributed by atoms with Gasteiger partial charge in [0.15, 0.2) is 9.84 Å². The van der Waals surface area contributed by atoms with Crippen LogP contribution in [-0.2, 0) is 14.6 Å². The van der Waals surface area contributed by atoms with Crippen molar-refractivity contribution in [1.29, 1.82) is 0 Å². The highest BCUT2D eigenvalue weighted by Gasteiger charge is 2.32. The van der Waals surface area contributed by atoms with E-state index >= 15 is 0 Å². The van der Waals surface area contributed by atoms with Crippen LogP contribution in [0.2, 0.25) is 0 Å². The number of amides is 1. The van der Waals surface area contributed by atoms with Gasteiger partial charge in [0.1, 0.15) is 0 Å². The summed E-state index contributed by atoms with van der Waals surface area (Å²) in [5, 5.41) is 2.83. The van der Waals surface area contributed by atoms with Crippen LogP contribution in [0, 0.1) is 5.92 Å². The minimum absolute atomic E-state index is 0.0382. The van der Waals surface area contributed by atoms with Gasteiger partial charge in [-0.05, 0) is 25.2 Å². The van der Waals surface area contributed by atoms with Crippen LogP contribution in [-0.4, -0.2) is 37.9 Å². The van der Waals surface area contributed by atoms with Gasteiger partial charge in [-0.25, -0.2) is 8.42 Å². The second kappa shape index (κ2) is 5.17. The number of rotatable bonds is 4. The van der Waals surface area contributed by atoms with Gasteiger partial charge in [0.25, 0.3) is 0 Å². The zero-order valence-corrected chi connectivity index (χ0v) is 11.5. The van der Waals surface area contributed by atoms with Crippen molar-refractivity contribution in [3.8, 4) is 0 Å². The van der Waals surface area contributed by atoms with Crippen LogP contribution >= 0.6 is 0 Å². The Hall–Kier alpha value is -0.620. The maximum atomic E-state index is 11.8. The number of nitrogens with two attached hydrogens (primary N) is 1. The van der Waals surface area contributed by atoms with Crippen molar-refractivity contribution in [3.05, 3.63) is 0 Å². The number of hydrogen-bond donors (Lipinski definition) is 2. The second-order valence-corrected chi connectivity index (χ2v) is 8.05. The lowest BCUT2D eigenvalue weighted by molar-refractivity contribution is -0.122. The highest BCUT2D eigenvalue weighted by molar-refractivity contribution is 7.91. The van der Waals surface area contributed by atoms with E-state index in [4.69, 9.17) is 5.73 Å². The van der Waals surface area contributed by atoms with Crippen LogP contribution in [0.25, 0.3) is 0 Å². The van der Waals surface area contributed by atoms with E-state index in [2.05, 4.69) is 5.32 Å². The van der Waals surface area contributed by atoms with E-state index in [1.165, 1.54) is 0 Å². The molecule has 0 spiro atoms. The standard InChI is InChI=1S/C12H22N2O3S/c13-12(4-1-2-5-12)7-11(15)14-8-10-3-6-18(16,17)9-10/h10H,1-9,13H2,(H,14,15). The number of sulfone groups is 1. The zero-order valence-electron chi connectivity index (χ0n) is 10.7. The molecule has 0 radical (unpaired) electrons. The van der Waals surface area contributed by atoms with Crippen molar-refractivity contribution in [3.63, 3.8) is 0 Å². The highest BCUT2D eigenvalue weighted by atomic mass is 32.2. The van der Waals surface area contributed by atoms with Crippen LogP contribution in [0.15, 0.2) is 0 Å². The monoisotopic (exact) mass is 274 g/mol. The third-order valence-corrected chi connectivity index (χ3v) is 5.86. The lowest BCUT2D eigenvalue weighted by Crippen LogP contribution is -2.43. The van der Waals surface area contributed by atoms with Crippen LogP contribution in [0.1, 0.15) is 38.5 Å². The molecule has 1 saturated carbocycles. The summed E-state index contributed by atoms with van der Waals surface area (Å²) < 4.78 is 22.6. The van der Waals surface area contributed by atoms with E-state index in [-0.39, 0.29) is 28.9 Å². The first-order valence-corrected chi connectivity index (χ1v) is 8.47. The summed E-state index contributed by atoms with van der Waals surface area (Å²) in [6.45, 7) is 0.466. The molecule has 0 aromatic carbocycles. The van der Waals surface area contributed by atoms with Gasteiger partial charge < -0.3 is 11.1 Å². The van der Waals surface area contributed by atoms with E-state index in [1.54, 1.807) is 0 Å². The van der Waals surface area contributed by atoms with Crippen LogP contribution in [0.3, 0.4) is 0 Å². The molecule has 2 aliphatic rings. The van der Waals surface area contributed by atoms with Crippen molar-refractivity contribution in [2.24, 2.45) is 11.7 Å². The lowest BCUT2D eigenvalue weighted by Gasteiger charge is -2.23. The third kappa shape index (κ3) is 3.68. The van der Waals surface area contributed by atoms with Crippen molar-refractivity contribution in [2.75, 3.05) is 18.1 Å². The molecule has 1 aliphatic carbocycles. The molecule has 2 fully saturated rings. The highest BCUT2D eigenvalue weighted by Crippen LogP contribution is 2.29. The van der Waals surface area contributed by atoms with Crippen LogP contribution in [0.5, 0.6) is 0 Å². The smallest absolute Gasteiger partial charge is 0.221 e. The average Bonchev–Trinajstić information content (AvgIpc) is 2.82. The van der Waals surface area contributed by atoms with Gasteiger partial charge in [-0.1, -0.05) is 12.8 Å². The predicted octanol–water partition coefficient (Wildman–Crippen LogP) is 0.199. The number of carbonyl (C=O) groups is 1. The Balaban J connectivity index is 1.72. The first kappa shape index (κ1) is 13.8. The summed E-state index contributed by atoms with van der Waals surface area (Å²) in [5.74, 6) is 0.509. The lowest BCUT2D eigenvalue weighted by atomic mass is 9.94. The van der Waals surface area contributed by atoms with Gasteiger partial charge in [0, 0.05) is 18.5 Å². The Labute approximate surface area is 108 Å². The van der Waals surface area contributed by atoms with Crippen molar-refractivity contribution in [1.82, 2.24) is 5.32 Å². The predicted molar refractivity (Wildman–Crippen MR) is 69.8 cm³/mol. The Morgan fingerprint density at radius 3 is 2.56 bits per heavy atom. The minimum atomic E-state index is -2.85. The number of hydrogen-bond acceptors (Lipinski definition) is 4. The van der Waals surface area contributed by atoms with Crippen LogP contribution in [0.4, 0.5) is 0 Å². The molecule has 1 atom stereocenters. The van der Waals surface area contributed by atoms with Crippen molar-refractivity contribution in [2.45, 2.75) is 44.1 Å². The summed E-state index contributed by atoms with van der Waals surface area (Å²) in [5.41, 5.74) is 5.80. The molecule has 1 aliphatic heterocycles. The Morgan fingerprint density at radius 1 is 1.33 bits per heavy atom. The van der Waals surface area contributed by atoms with Crippen molar-refractivity contribution >= 4 is 15.7 Å². The van der Waals surface area contributed by atoms with Gasteiger partial charge in [0.2, 0.25) is 5.91 Å². The Kier molecular flexibility index (Phi) is 3.96. The molecule has 3 N–H and O–H groups in total. The molecule has 18 heavy (non-hydrogen) atoms. The third-order valence-electron chi connectivity index (χ3n) is 4.03. The minimum Gasteiger partial charge on any atom is -0.356 e. The number of carbonyl (C=O) groups excluding carboxylic acids is 1. The van der Waals surface area contributed by atoms with Gasteiger partial charge in [-0.2, -0.15) is 0 Å². The van der Waals surface area contributed by atoms with E-state index in [0.717, 1.165) is 25.7 Å². The molecule has 104 valence electrons. The van der Waals surface area contributed by atoms with E-state index in [1.807, 2.05) is 0 Å². The maximum absolute atomic E-state index is 11.8. The summed E-state index contributed by atoms with van der Waals surface area (Å²) in [6.07, 6.45) is 5.06. The zero-order chi connectivity index (χ0) is 13.2. The van der Waals surface area contributed by atoms with Gasteiger partial charge in [0.05, 0.1) is 11.5 Å². The summed E-state index contributed by atoms with van der Waals surface area (Å²) in [7, 11) is -2.85. The average molecular weight is 274 g/mol.